The van der Waals surface area contributed by atoms with Crippen molar-refractivity contribution in [1.29, 1.82) is 0 Å². The summed E-state index contributed by atoms with van der Waals surface area (Å²) in [5.41, 5.74) is 1.64. The fraction of sp³-hybridized carbons (Fsp3) is 0.125. The van der Waals surface area contributed by atoms with Gasteiger partial charge >= 0.3 is 0 Å². The van der Waals surface area contributed by atoms with Gasteiger partial charge in [0, 0.05) is 30.2 Å². The first-order valence-electron chi connectivity index (χ1n) is 6.85. The maximum atomic E-state index is 12.1. The molecule has 0 unspecified atom stereocenters. The standard InChI is InChI=1S/C16H14BrN3O2/c1-2-20-9-8-18-15(20)11-4-3-5-12(10-11)19-16(21)13-6-7-14(17)22-13/h3-10H,2H2,1H3,(H,19,21). The minimum Gasteiger partial charge on any atom is -0.444 e. The highest BCUT2D eigenvalue weighted by Gasteiger charge is 2.12. The average Bonchev–Trinajstić information content (AvgIpc) is 3.15. The molecular weight excluding hydrogens is 346 g/mol. The minimum absolute atomic E-state index is 0.257. The van der Waals surface area contributed by atoms with Gasteiger partial charge in [-0.2, -0.15) is 0 Å². The Morgan fingerprint density at radius 2 is 2.23 bits per heavy atom. The third-order valence-corrected chi connectivity index (χ3v) is 3.66. The van der Waals surface area contributed by atoms with Crippen LogP contribution in [-0.2, 0) is 6.54 Å². The van der Waals surface area contributed by atoms with E-state index in [1.54, 1.807) is 18.3 Å². The average molecular weight is 360 g/mol. The van der Waals surface area contributed by atoms with Crippen LogP contribution in [0.25, 0.3) is 11.4 Å². The second-order valence-electron chi connectivity index (χ2n) is 4.68. The molecule has 2 aromatic heterocycles. The first-order chi connectivity index (χ1) is 10.7. The second-order valence-corrected chi connectivity index (χ2v) is 5.46. The number of halogens is 1. The van der Waals surface area contributed by atoms with E-state index in [9.17, 15) is 4.79 Å². The predicted molar refractivity (Wildman–Crippen MR) is 87.7 cm³/mol. The Morgan fingerprint density at radius 1 is 1.36 bits per heavy atom. The molecule has 1 N–H and O–H groups in total. The van der Waals surface area contributed by atoms with Crippen LogP contribution in [0.2, 0.25) is 0 Å². The van der Waals surface area contributed by atoms with Crippen LogP contribution in [-0.4, -0.2) is 15.5 Å². The van der Waals surface area contributed by atoms with Crippen molar-refractivity contribution in [1.82, 2.24) is 9.55 Å². The highest BCUT2D eigenvalue weighted by Crippen LogP contribution is 2.22. The smallest absolute Gasteiger partial charge is 0.291 e. The molecular formula is C16H14BrN3O2. The van der Waals surface area contributed by atoms with Gasteiger partial charge in [-0.25, -0.2) is 4.98 Å². The molecule has 0 fully saturated rings. The lowest BCUT2D eigenvalue weighted by Crippen LogP contribution is -2.10. The number of aryl methyl sites for hydroxylation is 1. The zero-order chi connectivity index (χ0) is 15.5. The molecule has 0 aliphatic rings. The summed E-state index contributed by atoms with van der Waals surface area (Å²) in [5, 5.41) is 2.82. The van der Waals surface area contributed by atoms with Gasteiger partial charge in [-0.1, -0.05) is 12.1 Å². The van der Waals surface area contributed by atoms with Gasteiger partial charge in [-0.3, -0.25) is 4.79 Å². The highest BCUT2D eigenvalue weighted by molar-refractivity contribution is 9.10. The van der Waals surface area contributed by atoms with Crippen molar-refractivity contribution in [3.8, 4) is 11.4 Å². The molecule has 6 heteroatoms. The molecule has 5 nitrogen and oxygen atoms in total. The van der Waals surface area contributed by atoms with E-state index in [-0.39, 0.29) is 11.7 Å². The molecule has 0 saturated heterocycles. The van der Waals surface area contributed by atoms with Gasteiger partial charge in [0.25, 0.3) is 5.91 Å². The fourth-order valence-electron chi connectivity index (χ4n) is 2.19. The summed E-state index contributed by atoms with van der Waals surface area (Å²) >= 11 is 3.18. The SMILES string of the molecule is CCn1ccnc1-c1cccc(NC(=O)c2ccc(Br)o2)c1. The molecule has 0 atom stereocenters. The van der Waals surface area contributed by atoms with Crippen molar-refractivity contribution in [3.05, 3.63) is 59.2 Å². The summed E-state index contributed by atoms with van der Waals surface area (Å²) in [7, 11) is 0. The number of nitrogens with one attached hydrogen (secondary N) is 1. The molecule has 112 valence electrons. The number of nitrogens with zero attached hydrogens (tertiary/aromatic N) is 2. The lowest BCUT2D eigenvalue weighted by atomic mass is 10.2. The van der Waals surface area contributed by atoms with E-state index in [4.69, 9.17) is 4.42 Å². The van der Waals surface area contributed by atoms with Crippen LogP contribution in [0.3, 0.4) is 0 Å². The monoisotopic (exact) mass is 359 g/mol. The summed E-state index contributed by atoms with van der Waals surface area (Å²) in [4.78, 5) is 16.5. The molecule has 0 radical (unpaired) electrons. The molecule has 22 heavy (non-hydrogen) atoms. The maximum absolute atomic E-state index is 12.1. The van der Waals surface area contributed by atoms with Crippen LogP contribution < -0.4 is 5.32 Å². The van der Waals surface area contributed by atoms with Crippen LogP contribution in [0.15, 0.2) is 57.9 Å². The number of imidazole rings is 1. The molecule has 2 heterocycles. The van der Waals surface area contributed by atoms with Gasteiger partial charge in [-0.05, 0) is 47.1 Å². The van der Waals surface area contributed by atoms with E-state index >= 15 is 0 Å². The third kappa shape index (κ3) is 2.96. The Hall–Kier alpha value is -2.34. The Bertz CT molecular complexity index is 807. The van der Waals surface area contributed by atoms with E-state index < -0.39 is 0 Å². The lowest BCUT2D eigenvalue weighted by Gasteiger charge is -2.08. The van der Waals surface area contributed by atoms with E-state index in [0.717, 1.165) is 17.9 Å². The van der Waals surface area contributed by atoms with Crippen LogP contribution in [0.5, 0.6) is 0 Å². The molecule has 0 aliphatic heterocycles. The topological polar surface area (TPSA) is 60.1 Å². The van der Waals surface area contributed by atoms with Gasteiger partial charge in [-0.15, -0.1) is 0 Å². The van der Waals surface area contributed by atoms with E-state index in [2.05, 4.69) is 33.2 Å². The van der Waals surface area contributed by atoms with Crippen molar-refractivity contribution in [2.75, 3.05) is 5.32 Å². The number of hydrogen-bond acceptors (Lipinski definition) is 3. The number of rotatable bonds is 4. The number of furan rings is 1. The van der Waals surface area contributed by atoms with Gasteiger partial charge in [0.15, 0.2) is 10.4 Å². The summed E-state index contributed by atoms with van der Waals surface area (Å²) in [5.74, 6) is 0.841. The zero-order valence-corrected chi connectivity index (χ0v) is 13.5. The lowest BCUT2D eigenvalue weighted by molar-refractivity contribution is 0.0995. The van der Waals surface area contributed by atoms with Crippen molar-refractivity contribution < 1.29 is 9.21 Å². The number of anilines is 1. The summed E-state index contributed by atoms with van der Waals surface area (Å²) in [6.45, 7) is 2.90. The predicted octanol–water partition coefficient (Wildman–Crippen LogP) is 4.18. The van der Waals surface area contributed by atoms with Crippen molar-refractivity contribution >= 4 is 27.5 Å². The Labute approximate surface area is 136 Å². The Morgan fingerprint density at radius 3 is 2.95 bits per heavy atom. The quantitative estimate of drug-likeness (QED) is 0.759. The number of hydrogen-bond donors (Lipinski definition) is 1. The van der Waals surface area contributed by atoms with E-state index in [1.165, 1.54) is 0 Å². The molecule has 0 aliphatic carbocycles. The number of benzene rings is 1. The second kappa shape index (κ2) is 6.19. The summed E-state index contributed by atoms with van der Waals surface area (Å²) in [6, 6.07) is 10.9. The van der Waals surface area contributed by atoms with Crippen LogP contribution in [0.1, 0.15) is 17.5 Å². The molecule has 0 spiro atoms. The molecule has 1 aromatic carbocycles. The largest absolute Gasteiger partial charge is 0.444 e. The first-order valence-corrected chi connectivity index (χ1v) is 7.65. The Kier molecular flexibility index (Phi) is 4.11. The van der Waals surface area contributed by atoms with Crippen LogP contribution >= 0.6 is 15.9 Å². The number of amides is 1. The van der Waals surface area contributed by atoms with Gasteiger partial charge in [0.1, 0.15) is 5.82 Å². The first kappa shape index (κ1) is 14.6. The molecule has 0 bridgehead atoms. The van der Waals surface area contributed by atoms with Gasteiger partial charge < -0.3 is 14.3 Å². The third-order valence-electron chi connectivity index (χ3n) is 3.23. The molecule has 3 aromatic rings. The van der Waals surface area contributed by atoms with Gasteiger partial charge in [0.2, 0.25) is 0 Å². The highest BCUT2D eigenvalue weighted by atomic mass is 79.9. The van der Waals surface area contributed by atoms with Gasteiger partial charge in [0.05, 0.1) is 0 Å². The zero-order valence-electron chi connectivity index (χ0n) is 11.9. The van der Waals surface area contributed by atoms with Crippen LogP contribution in [0.4, 0.5) is 5.69 Å². The van der Waals surface area contributed by atoms with Crippen molar-refractivity contribution in [2.24, 2.45) is 0 Å². The summed E-state index contributed by atoms with van der Waals surface area (Å²) < 4.78 is 7.82. The fourth-order valence-corrected chi connectivity index (χ4v) is 2.50. The molecule has 3 rings (SSSR count). The number of carbonyl (C=O) groups is 1. The maximum Gasteiger partial charge on any atom is 0.291 e. The Balaban J connectivity index is 1.84. The number of carbonyl (C=O) groups excluding carboxylic acids is 1. The van der Waals surface area contributed by atoms with Crippen molar-refractivity contribution in [3.63, 3.8) is 0 Å². The van der Waals surface area contributed by atoms with E-state index in [1.807, 2.05) is 35.0 Å². The summed E-state index contributed by atoms with van der Waals surface area (Å²) in [6.07, 6.45) is 3.70. The number of aromatic nitrogens is 2. The van der Waals surface area contributed by atoms with Crippen molar-refractivity contribution in [2.45, 2.75) is 13.5 Å². The molecule has 0 saturated carbocycles. The molecule has 1 amide bonds. The minimum atomic E-state index is -0.290. The van der Waals surface area contributed by atoms with Crippen LogP contribution in [0, 0.1) is 0 Å². The van der Waals surface area contributed by atoms with E-state index in [0.29, 0.717) is 10.4 Å². The normalized spacial score (nSPS) is 10.6.